The number of aryl methyl sites for hydroxylation is 1. The van der Waals surface area contributed by atoms with Gasteiger partial charge < -0.3 is 19.9 Å². The molecular formula is C26H35N3O2. The largest absolute Gasteiger partial charge is 0.497 e. The number of methoxy groups -OCH3 is 1. The highest BCUT2D eigenvalue weighted by Crippen LogP contribution is 2.41. The summed E-state index contributed by atoms with van der Waals surface area (Å²) in [4.78, 5) is 17.9. The normalized spacial score (nSPS) is 24.4. The van der Waals surface area contributed by atoms with E-state index in [9.17, 15) is 4.79 Å². The van der Waals surface area contributed by atoms with E-state index < -0.39 is 0 Å². The Hall–Kier alpha value is -2.37. The van der Waals surface area contributed by atoms with Crippen LogP contribution >= 0.6 is 0 Å². The number of amides is 1. The number of hydrogen-bond acceptors (Lipinski definition) is 4. The average Bonchev–Trinajstić information content (AvgIpc) is 3.22. The molecule has 1 aliphatic heterocycles. The lowest BCUT2D eigenvalue weighted by molar-refractivity contribution is -0.137. The van der Waals surface area contributed by atoms with Crippen molar-refractivity contribution in [2.45, 2.75) is 38.3 Å². The average molecular weight is 422 g/mol. The summed E-state index contributed by atoms with van der Waals surface area (Å²) < 4.78 is 5.34. The van der Waals surface area contributed by atoms with Crippen molar-refractivity contribution < 1.29 is 9.53 Å². The monoisotopic (exact) mass is 421 g/mol. The summed E-state index contributed by atoms with van der Waals surface area (Å²) in [5.74, 6) is 1.46. The number of carbonyl (C=O) groups excluding carboxylic acids is 1. The second-order valence-electron chi connectivity index (χ2n) is 9.15. The third-order valence-corrected chi connectivity index (χ3v) is 6.92. The maximum absolute atomic E-state index is 13.5. The highest BCUT2D eigenvalue weighted by atomic mass is 16.5. The van der Waals surface area contributed by atoms with Crippen LogP contribution in [0.1, 0.15) is 35.4 Å². The molecule has 2 aromatic carbocycles. The van der Waals surface area contributed by atoms with Gasteiger partial charge in [-0.1, -0.05) is 42.0 Å². The molecule has 0 radical (unpaired) electrons. The van der Waals surface area contributed by atoms with Gasteiger partial charge in [-0.2, -0.15) is 0 Å². The first-order chi connectivity index (χ1) is 15.0. The molecule has 1 aliphatic carbocycles. The number of nitrogens with one attached hydrogen (secondary N) is 1. The second-order valence-corrected chi connectivity index (χ2v) is 9.15. The zero-order chi connectivity index (χ0) is 21.8. The third-order valence-electron chi connectivity index (χ3n) is 6.92. The van der Waals surface area contributed by atoms with Gasteiger partial charge in [0, 0.05) is 44.7 Å². The summed E-state index contributed by atoms with van der Waals surface area (Å²) in [7, 11) is 3.82. The smallest absolute Gasteiger partial charge is 0.226 e. The minimum atomic E-state index is 0.0341. The van der Waals surface area contributed by atoms with Crippen molar-refractivity contribution in [2.24, 2.45) is 5.92 Å². The SMILES string of the molecule is COc1ccc([C@H]2C[C@H](NCc3cccc(C)c3)C[C@@H]2C(=O)N2CCN(C)CC2)cc1. The Morgan fingerprint density at radius 1 is 1.06 bits per heavy atom. The van der Waals surface area contributed by atoms with Crippen LogP contribution in [0.25, 0.3) is 0 Å². The Balaban J connectivity index is 1.48. The number of carbonyl (C=O) groups is 1. The molecule has 5 heteroatoms. The van der Waals surface area contributed by atoms with Crippen LogP contribution in [0, 0.1) is 12.8 Å². The summed E-state index contributed by atoms with van der Waals surface area (Å²) in [6.07, 6.45) is 1.88. The van der Waals surface area contributed by atoms with Gasteiger partial charge in [-0.05, 0) is 56.0 Å². The van der Waals surface area contributed by atoms with Crippen LogP contribution in [0.5, 0.6) is 5.75 Å². The molecular weight excluding hydrogens is 386 g/mol. The standard InChI is InChI=1S/C26H35N3O2/c1-19-5-4-6-20(15-19)18-27-22-16-24(21-7-9-23(31-3)10-8-21)25(17-22)26(30)29-13-11-28(2)12-14-29/h4-10,15,22,24-25,27H,11-14,16-18H2,1-3H3/t22-,24+,25-/m0/s1. The Morgan fingerprint density at radius 2 is 1.81 bits per heavy atom. The Bertz CT molecular complexity index is 874. The molecule has 166 valence electrons. The van der Waals surface area contributed by atoms with Crippen molar-refractivity contribution in [1.29, 1.82) is 0 Å². The van der Waals surface area contributed by atoms with E-state index in [1.54, 1.807) is 7.11 Å². The van der Waals surface area contributed by atoms with Crippen molar-refractivity contribution in [3.63, 3.8) is 0 Å². The molecule has 0 aromatic heterocycles. The minimum Gasteiger partial charge on any atom is -0.497 e. The molecule has 1 amide bonds. The summed E-state index contributed by atoms with van der Waals surface area (Å²) in [5, 5.41) is 3.74. The molecule has 4 rings (SSSR count). The van der Waals surface area contributed by atoms with Crippen LogP contribution in [-0.2, 0) is 11.3 Å². The van der Waals surface area contributed by atoms with Crippen molar-refractivity contribution in [3.05, 3.63) is 65.2 Å². The molecule has 0 unspecified atom stereocenters. The van der Waals surface area contributed by atoms with E-state index in [1.807, 2.05) is 12.1 Å². The Labute approximate surface area is 186 Å². The Morgan fingerprint density at radius 3 is 2.48 bits per heavy atom. The molecule has 3 atom stereocenters. The summed E-state index contributed by atoms with van der Waals surface area (Å²) in [6.45, 7) is 6.56. The van der Waals surface area contributed by atoms with E-state index in [4.69, 9.17) is 4.74 Å². The van der Waals surface area contributed by atoms with E-state index in [0.717, 1.165) is 51.3 Å². The van der Waals surface area contributed by atoms with Gasteiger partial charge in [-0.25, -0.2) is 0 Å². The molecule has 2 aromatic rings. The lowest BCUT2D eigenvalue weighted by Gasteiger charge is -2.35. The maximum Gasteiger partial charge on any atom is 0.226 e. The lowest BCUT2D eigenvalue weighted by atomic mass is 9.87. The molecule has 1 N–H and O–H groups in total. The van der Waals surface area contributed by atoms with Crippen LogP contribution in [0.3, 0.4) is 0 Å². The first kappa shape index (κ1) is 21.8. The number of rotatable bonds is 6. The quantitative estimate of drug-likeness (QED) is 0.776. The minimum absolute atomic E-state index is 0.0341. The van der Waals surface area contributed by atoms with Crippen molar-refractivity contribution in [2.75, 3.05) is 40.3 Å². The highest BCUT2D eigenvalue weighted by molar-refractivity contribution is 5.80. The van der Waals surface area contributed by atoms with Crippen molar-refractivity contribution in [1.82, 2.24) is 15.1 Å². The van der Waals surface area contributed by atoms with Gasteiger partial charge in [0.05, 0.1) is 7.11 Å². The van der Waals surface area contributed by atoms with Gasteiger partial charge in [0.2, 0.25) is 5.91 Å². The van der Waals surface area contributed by atoms with E-state index in [0.29, 0.717) is 11.9 Å². The molecule has 1 saturated carbocycles. The van der Waals surface area contributed by atoms with Gasteiger partial charge in [0.1, 0.15) is 5.75 Å². The zero-order valence-corrected chi connectivity index (χ0v) is 19.0. The molecule has 0 bridgehead atoms. The van der Waals surface area contributed by atoms with Gasteiger partial charge in [-0.15, -0.1) is 0 Å². The second kappa shape index (κ2) is 9.84. The number of likely N-dealkylation sites (N-methyl/N-ethyl adjacent to an activating group) is 1. The topological polar surface area (TPSA) is 44.8 Å². The predicted molar refractivity (Wildman–Crippen MR) is 124 cm³/mol. The van der Waals surface area contributed by atoms with Gasteiger partial charge in [0.25, 0.3) is 0 Å². The van der Waals surface area contributed by atoms with Crippen molar-refractivity contribution >= 4 is 5.91 Å². The summed E-state index contributed by atoms with van der Waals surface area (Å²) in [5.41, 5.74) is 3.83. The lowest BCUT2D eigenvalue weighted by Crippen LogP contribution is -2.49. The fraction of sp³-hybridized carbons (Fsp3) is 0.500. The van der Waals surface area contributed by atoms with E-state index in [2.05, 4.69) is 65.5 Å². The molecule has 0 spiro atoms. The molecule has 5 nitrogen and oxygen atoms in total. The zero-order valence-electron chi connectivity index (χ0n) is 19.0. The number of benzene rings is 2. The van der Waals surface area contributed by atoms with Crippen LogP contribution in [0.4, 0.5) is 0 Å². The molecule has 2 fully saturated rings. The third kappa shape index (κ3) is 5.28. The highest BCUT2D eigenvalue weighted by Gasteiger charge is 2.41. The number of piperazine rings is 1. The summed E-state index contributed by atoms with van der Waals surface area (Å²) in [6, 6.07) is 17.3. The summed E-state index contributed by atoms with van der Waals surface area (Å²) >= 11 is 0. The maximum atomic E-state index is 13.5. The Kier molecular flexibility index (Phi) is 6.93. The molecule has 31 heavy (non-hydrogen) atoms. The fourth-order valence-electron chi connectivity index (χ4n) is 5.04. The van der Waals surface area contributed by atoms with E-state index in [1.165, 1.54) is 16.7 Å². The van der Waals surface area contributed by atoms with Gasteiger partial charge >= 0.3 is 0 Å². The predicted octanol–water partition coefficient (Wildman–Crippen LogP) is 3.43. The first-order valence-electron chi connectivity index (χ1n) is 11.4. The fourth-order valence-corrected chi connectivity index (χ4v) is 5.04. The van der Waals surface area contributed by atoms with Crippen molar-refractivity contribution in [3.8, 4) is 5.75 Å². The van der Waals surface area contributed by atoms with Crippen LogP contribution in [0.2, 0.25) is 0 Å². The number of ether oxygens (including phenoxy) is 1. The molecule has 1 saturated heterocycles. The van der Waals surface area contributed by atoms with E-state index in [-0.39, 0.29) is 11.8 Å². The van der Waals surface area contributed by atoms with Crippen LogP contribution < -0.4 is 10.1 Å². The first-order valence-corrected chi connectivity index (χ1v) is 11.4. The molecule has 2 aliphatic rings. The van der Waals surface area contributed by atoms with Crippen LogP contribution in [0.15, 0.2) is 48.5 Å². The van der Waals surface area contributed by atoms with E-state index >= 15 is 0 Å². The number of nitrogens with zero attached hydrogens (tertiary/aromatic N) is 2. The number of hydrogen-bond donors (Lipinski definition) is 1. The van der Waals surface area contributed by atoms with Crippen LogP contribution in [-0.4, -0.2) is 62.1 Å². The van der Waals surface area contributed by atoms with Gasteiger partial charge in [0.15, 0.2) is 0 Å². The molecule has 1 heterocycles. The van der Waals surface area contributed by atoms with Gasteiger partial charge in [-0.3, -0.25) is 4.79 Å².